The Bertz CT molecular complexity index is 547. The summed E-state index contributed by atoms with van der Waals surface area (Å²) in [6.45, 7) is 2.08. The van der Waals surface area contributed by atoms with Gasteiger partial charge in [0.05, 0.1) is 19.4 Å². The van der Waals surface area contributed by atoms with Crippen LogP contribution in [-0.4, -0.2) is 18.5 Å². The minimum atomic E-state index is 0.396. The molecule has 0 amide bonds. The van der Waals surface area contributed by atoms with Gasteiger partial charge in [0.15, 0.2) is 0 Å². The van der Waals surface area contributed by atoms with E-state index in [0.29, 0.717) is 6.54 Å². The van der Waals surface area contributed by atoms with Gasteiger partial charge in [-0.15, -0.1) is 0 Å². The maximum atomic E-state index is 5.35. The summed E-state index contributed by atoms with van der Waals surface area (Å²) >= 11 is 0. The molecule has 0 unspecified atom stereocenters. The van der Waals surface area contributed by atoms with Crippen molar-refractivity contribution in [1.29, 1.82) is 0 Å². The third-order valence-corrected chi connectivity index (χ3v) is 2.75. The number of hydrogen-bond acceptors (Lipinski definition) is 3. The molecule has 2 N–H and O–H groups in total. The molecular weight excluding hydrogens is 236 g/mol. The summed E-state index contributed by atoms with van der Waals surface area (Å²) in [5, 5.41) is 0. The fraction of sp³-hybridized carbons (Fsp3) is 0.250. The van der Waals surface area contributed by atoms with E-state index in [1.54, 1.807) is 6.26 Å². The molecule has 2 aromatic rings. The zero-order valence-electron chi connectivity index (χ0n) is 11.1. The zero-order chi connectivity index (χ0) is 13.5. The number of nitrogens with zero attached hydrogens (tertiary/aromatic N) is 1. The molecule has 1 aromatic carbocycles. The maximum Gasteiger partial charge on any atom is 0.117 e. The van der Waals surface area contributed by atoms with Gasteiger partial charge in [0.2, 0.25) is 0 Å². The van der Waals surface area contributed by atoms with Crippen LogP contribution in [0.4, 0.5) is 0 Å². The minimum Gasteiger partial charge on any atom is -0.468 e. The smallest absolute Gasteiger partial charge is 0.117 e. The van der Waals surface area contributed by atoms with Gasteiger partial charge in [0.1, 0.15) is 5.76 Å². The Hall–Kier alpha value is -2.02. The van der Waals surface area contributed by atoms with E-state index in [1.807, 2.05) is 24.3 Å². The first-order valence-electron chi connectivity index (χ1n) is 6.27. The van der Waals surface area contributed by atoms with E-state index in [2.05, 4.69) is 35.9 Å². The van der Waals surface area contributed by atoms with Crippen LogP contribution in [0.15, 0.2) is 47.1 Å². The molecule has 0 saturated heterocycles. The molecule has 0 saturated carbocycles. The summed E-state index contributed by atoms with van der Waals surface area (Å²) in [5.74, 6) is 6.85. The highest BCUT2D eigenvalue weighted by Gasteiger charge is 2.03. The van der Waals surface area contributed by atoms with Gasteiger partial charge in [-0.3, -0.25) is 4.90 Å². The third-order valence-electron chi connectivity index (χ3n) is 2.75. The van der Waals surface area contributed by atoms with Gasteiger partial charge in [-0.25, -0.2) is 0 Å². The molecule has 0 atom stereocenters. The fourth-order valence-corrected chi connectivity index (χ4v) is 1.88. The molecule has 98 valence electrons. The predicted octanol–water partition coefficient (Wildman–Crippen LogP) is 2.22. The van der Waals surface area contributed by atoms with Crippen LogP contribution in [0.25, 0.3) is 0 Å². The molecule has 0 aliphatic heterocycles. The molecule has 1 heterocycles. The third kappa shape index (κ3) is 4.29. The highest BCUT2D eigenvalue weighted by atomic mass is 16.3. The van der Waals surface area contributed by atoms with E-state index in [1.165, 1.54) is 5.56 Å². The lowest BCUT2D eigenvalue weighted by atomic mass is 10.1. The van der Waals surface area contributed by atoms with E-state index in [-0.39, 0.29) is 0 Å². The lowest BCUT2D eigenvalue weighted by molar-refractivity contribution is 0.288. The van der Waals surface area contributed by atoms with Gasteiger partial charge in [0.25, 0.3) is 0 Å². The van der Waals surface area contributed by atoms with E-state index in [9.17, 15) is 0 Å². The molecule has 0 bridgehead atoms. The molecule has 0 spiro atoms. The van der Waals surface area contributed by atoms with E-state index in [4.69, 9.17) is 10.2 Å². The first kappa shape index (κ1) is 13.4. The van der Waals surface area contributed by atoms with Crippen molar-refractivity contribution in [1.82, 2.24) is 4.90 Å². The molecule has 0 radical (unpaired) electrons. The standard InChI is InChI=1S/C16H18N2O/c1-18(13-16-5-3-11-19-16)12-15-8-6-14(7-9-15)4-2-10-17/h3,5-9,11H,10,12-13,17H2,1H3. The van der Waals surface area contributed by atoms with Crippen LogP contribution in [-0.2, 0) is 13.1 Å². The highest BCUT2D eigenvalue weighted by molar-refractivity contribution is 5.36. The summed E-state index contributed by atoms with van der Waals surface area (Å²) in [5.41, 5.74) is 7.61. The van der Waals surface area contributed by atoms with Crippen molar-refractivity contribution in [3.8, 4) is 11.8 Å². The van der Waals surface area contributed by atoms with Crippen LogP contribution in [0, 0.1) is 11.8 Å². The van der Waals surface area contributed by atoms with Crippen molar-refractivity contribution in [3.63, 3.8) is 0 Å². The number of furan rings is 1. The average Bonchev–Trinajstić information content (AvgIpc) is 2.90. The van der Waals surface area contributed by atoms with Gasteiger partial charge in [-0.2, -0.15) is 0 Å². The summed E-state index contributed by atoms with van der Waals surface area (Å²) < 4.78 is 5.33. The molecule has 0 aliphatic rings. The Morgan fingerprint density at radius 3 is 2.58 bits per heavy atom. The van der Waals surface area contributed by atoms with Gasteiger partial charge in [0, 0.05) is 12.1 Å². The lowest BCUT2D eigenvalue weighted by Crippen LogP contribution is -2.16. The van der Waals surface area contributed by atoms with Crippen molar-refractivity contribution >= 4 is 0 Å². The Balaban J connectivity index is 1.92. The summed E-state index contributed by atoms with van der Waals surface area (Å²) in [6, 6.07) is 12.1. The largest absolute Gasteiger partial charge is 0.468 e. The quantitative estimate of drug-likeness (QED) is 0.851. The highest BCUT2D eigenvalue weighted by Crippen LogP contribution is 2.09. The van der Waals surface area contributed by atoms with E-state index < -0.39 is 0 Å². The Morgan fingerprint density at radius 1 is 1.16 bits per heavy atom. The second kappa shape index (κ2) is 6.79. The SMILES string of the molecule is CN(Cc1ccc(C#CCN)cc1)Cc1ccco1. The first-order valence-corrected chi connectivity index (χ1v) is 6.27. The van der Waals surface area contributed by atoms with Crippen molar-refractivity contribution in [2.75, 3.05) is 13.6 Å². The number of benzene rings is 1. The molecule has 1 aromatic heterocycles. The summed E-state index contributed by atoms with van der Waals surface area (Å²) in [7, 11) is 2.07. The van der Waals surface area contributed by atoms with Gasteiger partial charge >= 0.3 is 0 Å². The van der Waals surface area contributed by atoms with Crippen LogP contribution in [0.1, 0.15) is 16.9 Å². The van der Waals surface area contributed by atoms with Gasteiger partial charge in [-0.1, -0.05) is 24.0 Å². The van der Waals surface area contributed by atoms with Crippen molar-refractivity contribution in [2.45, 2.75) is 13.1 Å². The average molecular weight is 254 g/mol. The molecule has 0 aliphatic carbocycles. The van der Waals surface area contributed by atoms with Gasteiger partial charge < -0.3 is 10.2 Å². The predicted molar refractivity (Wildman–Crippen MR) is 76.3 cm³/mol. The molecule has 2 rings (SSSR count). The topological polar surface area (TPSA) is 42.4 Å². The van der Waals surface area contributed by atoms with Crippen LogP contribution < -0.4 is 5.73 Å². The van der Waals surface area contributed by atoms with Crippen LogP contribution in [0.3, 0.4) is 0 Å². The Labute approximate surface area is 114 Å². The Kier molecular flexibility index (Phi) is 4.79. The van der Waals surface area contributed by atoms with Crippen molar-refractivity contribution in [3.05, 3.63) is 59.5 Å². The maximum absolute atomic E-state index is 5.35. The molecule has 3 heteroatoms. The van der Waals surface area contributed by atoms with E-state index in [0.717, 1.165) is 24.4 Å². The van der Waals surface area contributed by atoms with E-state index >= 15 is 0 Å². The number of hydrogen-bond donors (Lipinski definition) is 1. The van der Waals surface area contributed by atoms with Crippen molar-refractivity contribution in [2.24, 2.45) is 5.73 Å². The van der Waals surface area contributed by atoms with Crippen molar-refractivity contribution < 1.29 is 4.42 Å². The van der Waals surface area contributed by atoms with Crippen LogP contribution >= 0.6 is 0 Å². The summed E-state index contributed by atoms with van der Waals surface area (Å²) in [6.07, 6.45) is 1.70. The molecule has 3 nitrogen and oxygen atoms in total. The van der Waals surface area contributed by atoms with Crippen LogP contribution in [0.2, 0.25) is 0 Å². The number of rotatable bonds is 4. The van der Waals surface area contributed by atoms with Crippen LogP contribution in [0.5, 0.6) is 0 Å². The molecule has 19 heavy (non-hydrogen) atoms. The first-order chi connectivity index (χ1) is 9.28. The normalized spacial score (nSPS) is 10.3. The minimum absolute atomic E-state index is 0.396. The fourth-order valence-electron chi connectivity index (χ4n) is 1.88. The molecular formula is C16H18N2O. The lowest BCUT2D eigenvalue weighted by Gasteiger charge is -2.15. The molecule has 0 fully saturated rings. The van der Waals surface area contributed by atoms with Gasteiger partial charge in [-0.05, 0) is 36.9 Å². The monoisotopic (exact) mass is 254 g/mol. The summed E-state index contributed by atoms with van der Waals surface area (Å²) in [4.78, 5) is 2.21. The zero-order valence-corrected chi connectivity index (χ0v) is 11.1. The number of nitrogens with two attached hydrogens (primary N) is 1. The second-order valence-electron chi connectivity index (χ2n) is 4.45. The second-order valence-corrected chi connectivity index (χ2v) is 4.45. The Morgan fingerprint density at radius 2 is 1.95 bits per heavy atom.